The number of fused-ring (bicyclic) bond motifs is 1. The minimum Gasteiger partial charge on any atom is -0.511 e. The molecule has 1 aromatic carbocycles. The van der Waals surface area contributed by atoms with Crippen molar-refractivity contribution in [3.63, 3.8) is 0 Å². The summed E-state index contributed by atoms with van der Waals surface area (Å²) in [7, 11) is 0. The monoisotopic (exact) mass is 379 g/mol. The van der Waals surface area contributed by atoms with Gasteiger partial charge < -0.3 is 10.2 Å². The molecule has 3 aromatic rings. The lowest BCUT2D eigenvalue weighted by atomic mass is 10.0. The number of rotatable bonds is 7. The highest BCUT2D eigenvalue weighted by atomic mass is 16.4. The van der Waals surface area contributed by atoms with Gasteiger partial charge in [0.25, 0.3) is 0 Å². The molecule has 0 unspecified atom stereocenters. The van der Waals surface area contributed by atoms with Gasteiger partial charge in [-0.3, -0.25) is 9.59 Å². The molecule has 0 saturated heterocycles. The maximum atomic E-state index is 12.6. The molecule has 2 aromatic heterocycles. The van der Waals surface area contributed by atoms with Gasteiger partial charge in [-0.25, -0.2) is 9.50 Å². The molecule has 0 amide bonds. The van der Waals surface area contributed by atoms with Gasteiger partial charge >= 0.3 is 5.97 Å². The van der Waals surface area contributed by atoms with E-state index >= 15 is 0 Å². The van der Waals surface area contributed by atoms with Crippen molar-refractivity contribution in [2.45, 2.75) is 44.4 Å². The van der Waals surface area contributed by atoms with E-state index in [2.05, 4.69) is 34.3 Å². The average molecular weight is 379 g/mol. The van der Waals surface area contributed by atoms with Gasteiger partial charge in [-0.1, -0.05) is 24.3 Å². The Kier molecular flexibility index (Phi) is 4.81. The summed E-state index contributed by atoms with van der Waals surface area (Å²) in [5, 5.41) is 23.2. The van der Waals surface area contributed by atoms with E-state index in [1.807, 2.05) is 0 Å². The van der Waals surface area contributed by atoms with Crippen molar-refractivity contribution < 1.29 is 15.0 Å². The molecule has 7 heteroatoms. The van der Waals surface area contributed by atoms with E-state index in [9.17, 15) is 14.7 Å². The molecule has 0 spiro atoms. The van der Waals surface area contributed by atoms with Gasteiger partial charge in [-0.2, -0.15) is 5.10 Å². The van der Waals surface area contributed by atoms with Crippen molar-refractivity contribution >= 4 is 17.4 Å². The van der Waals surface area contributed by atoms with Crippen LogP contribution in [0.3, 0.4) is 0 Å². The Balaban J connectivity index is 1.61. The van der Waals surface area contributed by atoms with Crippen LogP contribution in [0.25, 0.3) is 11.4 Å². The lowest BCUT2D eigenvalue weighted by molar-refractivity contribution is -0.136. The van der Waals surface area contributed by atoms with E-state index in [4.69, 9.17) is 5.11 Å². The first-order chi connectivity index (χ1) is 13.5. The molecule has 0 aliphatic heterocycles. The molecule has 1 saturated carbocycles. The van der Waals surface area contributed by atoms with Gasteiger partial charge in [0, 0.05) is 18.2 Å². The van der Waals surface area contributed by atoms with Gasteiger partial charge in [-0.15, -0.1) is 0 Å². The number of aromatic nitrogens is 3. The van der Waals surface area contributed by atoms with Crippen LogP contribution in [0.5, 0.6) is 0 Å². The summed E-state index contributed by atoms with van der Waals surface area (Å²) in [4.78, 5) is 27.4. The van der Waals surface area contributed by atoms with Crippen molar-refractivity contribution in [2.24, 2.45) is 0 Å². The van der Waals surface area contributed by atoms with Gasteiger partial charge in [-0.05, 0) is 42.7 Å². The van der Waals surface area contributed by atoms with Crippen LogP contribution >= 0.6 is 0 Å². The lowest BCUT2D eigenvalue weighted by Gasteiger charge is -2.06. The average Bonchev–Trinajstić information content (AvgIpc) is 3.42. The Morgan fingerprint density at radius 1 is 1.11 bits per heavy atom. The number of nitrogens with zero attached hydrogens (tertiary/aromatic N) is 3. The van der Waals surface area contributed by atoms with Crippen LogP contribution in [0, 0.1) is 0 Å². The van der Waals surface area contributed by atoms with Crippen LogP contribution in [0.2, 0.25) is 0 Å². The number of benzene rings is 1. The first kappa shape index (κ1) is 18.2. The van der Waals surface area contributed by atoms with E-state index in [0.29, 0.717) is 12.1 Å². The van der Waals surface area contributed by atoms with Crippen LogP contribution in [0.1, 0.15) is 48.4 Å². The third-order valence-electron chi connectivity index (χ3n) is 5.15. The predicted molar refractivity (Wildman–Crippen MR) is 103 cm³/mol. The summed E-state index contributed by atoms with van der Waals surface area (Å²) in [5.41, 5.74) is 3.17. The maximum absolute atomic E-state index is 12.6. The summed E-state index contributed by atoms with van der Waals surface area (Å²) in [5.74, 6) is -0.585. The Labute approximate surface area is 161 Å². The number of carboxylic acid groups (broad SMARTS) is 1. The minimum absolute atomic E-state index is 0.0243. The SMILES string of the molecule is O=C(O)CCC(O)=c1c(=O)cc(CCc2ccc(C3CC3)cc2)n2ncnc12. The second-order valence-electron chi connectivity index (χ2n) is 7.23. The zero-order chi connectivity index (χ0) is 19.7. The van der Waals surface area contributed by atoms with E-state index in [-0.39, 0.29) is 34.9 Å². The Morgan fingerprint density at radius 2 is 1.86 bits per heavy atom. The topological polar surface area (TPSA) is 105 Å². The summed E-state index contributed by atoms with van der Waals surface area (Å²) < 4.78 is 1.55. The van der Waals surface area contributed by atoms with Crippen LogP contribution < -0.4 is 10.6 Å². The van der Waals surface area contributed by atoms with Crippen molar-refractivity contribution in [3.05, 3.63) is 68.9 Å². The third-order valence-corrected chi connectivity index (χ3v) is 5.15. The van der Waals surface area contributed by atoms with Crippen molar-refractivity contribution in [1.82, 2.24) is 14.6 Å². The first-order valence-electron chi connectivity index (χ1n) is 9.41. The molecule has 1 aliphatic carbocycles. The fourth-order valence-electron chi connectivity index (χ4n) is 3.46. The highest BCUT2D eigenvalue weighted by Crippen LogP contribution is 2.39. The number of carboxylic acids is 1. The Hall–Kier alpha value is -3.22. The van der Waals surface area contributed by atoms with E-state index in [1.54, 1.807) is 4.52 Å². The number of aliphatic hydroxyl groups excluding tert-OH is 1. The minimum atomic E-state index is -1.04. The zero-order valence-corrected chi connectivity index (χ0v) is 15.3. The molecule has 0 radical (unpaired) electrons. The summed E-state index contributed by atoms with van der Waals surface area (Å²) in [6.45, 7) is 0. The number of pyridine rings is 1. The van der Waals surface area contributed by atoms with Gasteiger partial charge in [0.2, 0.25) is 0 Å². The number of aliphatic hydroxyl groups is 1. The predicted octanol–water partition coefficient (Wildman–Crippen LogP) is 2.00. The number of hydrogen-bond donors (Lipinski definition) is 2. The van der Waals surface area contributed by atoms with E-state index in [0.717, 1.165) is 12.3 Å². The first-order valence-corrected chi connectivity index (χ1v) is 9.41. The molecule has 0 bridgehead atoms. The maximum Gasteiger partial charge on any atom is 0.303 e. The normalized spacial score (nSPS) is 15.0. The van der Waals surface area contributed by atoms with Crippen LogP contribution in [0.4, 0.5) is 0 Å². The van der Waals surface area contributed by atoms with Crippen LogP contribution in [0.15, 0.2) is 41.5 Å². The van der Waals surface area contributed by atoms with Gasteiger partial charge in [0.15, 0.2) is 11.1 Å². The molecule has 7 nitrogen and oxygen atoms in total. The molecule has 0 atom stereocenters. The Morgan fingerprint density at radius 3 is 2.54 bits per heavy atom. The smallest absolute Gasteiger partial charge is 0.303 e. The molecule has 2 heterocycles. The van der Waals surface area contributed by atoms with Gasteiger partial charge in [0.05, 0.1) is 6.42 Å². The van der Waals surface area contributed by atoms with Crippen molar-refractivity contribution in [3.8, 4) is 0 Å². The number of carbonyl (C=O) groups is 1. The van der Waals surface area contributed by atoms with E-state index < -0.39 is 5.97 Å². The number of aliphatic carboxylic acids is 1. The summed E-state index contributed by atoms with van der Waals surface area (Å²) >= 11 is 0. The highest BCUT2D eigenvalue weighted by molar-refractivity contribution is 5.68. The molecule has 4 rings (SSSR count). The second kappa shape index (κ2) is 7.42. The fourth-order valence-corrected chi connectivity index (χ4v) is 3.46. The second-order valence-corrected chi connectivity index (χ2v) is 7.23. The van der Waals surface area contributed by atoms with Crippen LogP contribution in [-0.2, 0) is 17.6 Å². The Bertz CT molecular complexity index is 1130. The standard InChI is InChI=1S/C21H21N3O4/c25-17(9-10-19(27)28)20-18(26)11-16(24-21(20)22-12-23-24)8-3-13-1-4-14(5-2-13)15-6-7-15/h1-2,4-5,11-12,15,25H,3,6-10H2,(H,27,28). The molecule has 1 fully saturated rings. The van der Waals surface area contributed by atoms with Crippen LogP contribution in [-0.4, -0.2) is 30.8 Å². The van der Waals surface area contributed by atoms with Crippen molar-refractivity contribution in [1.29, 1.82) is 0 Å². The number of hydrogen-bond acceptors (Lipinski definition) is 5. The summed E-state index contributed by atoms with van der Waals surface area (Å²) in [6, 6.07) is 10.1. The number of aryl methyl sites for hydroxylation is 2. The largest absolute Gasteiger partial charge is 0.511 e. The zero-order valence-electron chi connectivity index (χ0n) is 15.3. The quantitative estimate of drug-likeness (QED) is 0.651. The molecule has 28 heavy (non-hydrogen) atoms. The lowest BCUT2D eigenvalue weighted by Crippen LogP contribution is -2.31. The van der Waals surface area contributed by atoms with E-state index in [1.165, 1.54) is 36.4 Å². The van der Waals surface area contributed by atoms with Crippen molar-refractivity contribution in [2.75, 3.05) is 0 Å². The molecule has 1 aliphatic rings. The highest BCUT2D eigenvalue weighted by Gasteiger charge is 2.22. The van der Waals surface area contributed by atoms with Gasteiger partial charge in [0.1, 0.15) is 17.3 Å². The molecule has 2 N–H and O–H groups in total. The molecular weight excluding hydrogens is 358 g/mol. The third kappa shape index (κ3) is 3.74. The summed E-state index contributed by atoms with van der Waals surface area (Å²) in [6.07, 6.45) is 4.86. The fraction of sp³-hybridized carbons (Fsp3) is 0.333. The molecular formula is C21H21N3O4. The molecule has 144 valence electrons.